The summed E-state index contributed by atoms with van der Waals surface area (Å²) in [6.45, 7) is 4.01. The Kier molecular flexibility index (Phi) is 5.62. The molecule has 0 atom stereocenters. The lowest BCUT2D eigenvalue weighted by atomic mass is 10.1. The van der Waals surface area contributed by atoms with Gasteiger partial charge in [0.25, 0.3) is 5.91 Å². The quantitative estimate of drug-likeness (QED) is 0.586. The highest BCUT2D eigenvalue weighted by molar-refractivity contribution is 6.01. The van der Waals surface area contributed by atoms with Crippen molar-refractivity contribution >= 4 is 29.2 Å². The van der Waals surface area contributed by atoms with E-state index in [0.29, 0.717) is 37.4 Å². The third-order valence-electron chi connectivity index (χ3n) is 3.99. The number of anilines is 2. The number of amides is 2. The van der Waals surface area contributed by atoms with Crippen molar-refractivity contribution < 1.29 is 19.1 Å². The van der Waals surface area contributed by atoms with E-state index in [1.165, 1.54) is 7.11 Å². The van der Waals surface area contributed by atoms with E-state index in [9.17, 15) is 14.4 Å². The van der Waals surface area contributed by atoms with Gasteiger partial charge in [-0.2, -0.15) is 0 Å². The Morgan fingerprint density at radius 1 is 1.21 bits per heavy atom. The predicted molar refractivity (Wildman–Crippen MR) is 89.7 cm³/mol. The zero-order valence-electron chi connectivity index (χ0n) is 13.9. The monoisotopic (exact) mass is 334 g/mol. The number of carbonyl (C=O) groups is 3. The van der Waals surface area contributed by atoms with Crippen molar-refractivity contribution in [2.45, 2.75) is 6.92 Å². The maximum atomic E-state index is 12.2. The fourth-order valence-electron chi connectivity index (χ4n) is 2.54. The lowest BCUT2D eigenvalue weighted by molar-refractivity contribution is -0.139. The van der Waals surface area contributed by atoms with Crippen LogP contribution in [0.5, 0.6) is 0 Å². The van der Waals surface area contributed by atoms with Gasteiger partial charge in [-0.15, -0.1) is 0 Å². The molecule has 0 bridgehead atoms. The second-order valence-electron chi connectivity index (χ2n) is 5.52. The molecule has 8 heteroatoms. The second kappa shape index (κ2) is 7.67. The van der Waals surface area contributed by atoms with E-state index >= 15 is 0 Å². The van der Waals surface area contributed by atoms with Gasteiger partial charge in [-0.25, -0.2) is 0 Å². The number of nitrogens with zero attached hydrogens (tertiary/aromatic N) is 2. The van der Waals surface area contributed by atoms with Crippen molar-refractivity contribution in [1.82, 2.24) is 10.2 Å². The number of ether oxygens (including phenoxy) is 1. The Labute approximate surface area is 140 Å². The normalized spacial score (nSPS) is 14.2. The van der Waals surface area contributed by atoms with Crippen LogP contribution in [-0.2, 0) is 14.3 Å². The lowest BCUT2D eigenvalue weighted by Gasteiger charge is -2.35. The molecule has 1 saturated heterocycles. The van der Waals surface area contributed by atoms with Crippen LogP contribution in [-0.4, -0.2) is 62.5 Å². The van der Waals surface area contributed by atoms with E-state index in [1.807, 2.05) is 6.07 Å². The van der Waals surface area contributed by atoms with E-state index in [0.717, 1.165) is 5.69 Å². The van der Waals surface area contributed by atoms with Crippen LogP contribution in [0.3, 0.4) is 0 Å². The smallest absolute Gasteiger partial charge is 0.325 e. The molecule has 1 heterocycles. The molecule has 8 nitrogen and oxygen atoms in total. The summed E-state index contributed by atoms with van der Waals surface area (Å²) in [6, 6.07) is 5.21. The number of esters is 1. The van der Waals surface area contributed by atoms with E-state index in [-0.39, 0.29) is 12.5 Å². The number of rotatable bonds is 4. The number of nitrogens with one attached hydrogen (secondary N) is 1. The largest absolute Gasteiger partial charge is 0.468 e. The van der Waals surface area contributed by atoms with Crippen molar-refractivity contribution in [2.24, 2.45) is 0 Å². The SMILES string of the molecule is COC(=O)CNC(=O)c1cc(N2CCN(C(C)=O)CC2)ccc1N. The van der Waals surface area contributed by atoms with Gasteiger partial charge in [0.15, 0.2) is 0 Å². The molecule has 130 valence electrons. The standard InChI is InChI=1S/C16H22N4O4/c1-11(21)19-5-7-20(8-6-19)12-3-4-14(17)13(9-12)16(23)18-10-15(22)24-2/h3-4,9H,5-8,10,17H2,1-2H3,(H,18,23). The molecule has 0 saturated carbocycles. The molecule has 0 aromatic heterocycles. The fraction of sp³-hybridized carbons (Fsp3) is 0.438. The molecule has 1 fully saturated rings. The van der Waals surface area contributed by atoms with E-state index in [2.05, 4.69) is 15.0 Å². The predicted octanol–water partition coefficient (Wildman–Crippen LogP) is -0.160. The molecular weight excluding hydrogens is 312 g/mol. The van der Waals surface area contributed by atoms with Gasteiger partial charge in [0, 0.05) is 44.5 Å². The summed E-state index contributed by atoms with van der Waals surface area (Å²) in [4.78, 5) is 38.6. The zero-order valence-corrected chi connectivity index (χ0v) is 13.9. The Bertz CT molecular complexity index is 639. The second-order valence-corrected chi connectivity index (χ2v) is 5.52. The molecule has 3 N–H and O–H groups in total. The summed E-state index contributed by atoms with van der Waals surface area (Å²) in [7, 11) is 1.25. The van der Waals surface area contributed by atoms with Crippen molar-refractivity contribution in [3.05, 3.63) is 23.8 Å². The molecule has 1 aliphatic rings. The first-order chi connectivity index (χ1) is 11.4. The molecule has 24 heavy (non-hydrogen) atoms. The average molecular weight is 334 g/mol. The molecule has 0 aliphatic carbocycles. The summed E-state index contributed by atoms with van der Waals surface area (Å²) < 4.78 is 4.49. The van der Waals surface area contributed by atoms with Crippen LogP contribution in [0.4, 0.5) is 11.4 Å². The van der Waals surface area contributed by atoms with Gasteiger partial charge in [-0.1, -0.05) is 0 Å². The number of benzene rings is 1. The van der Waals surface area contributed by atoms with Crippen molar-refractivity contribution in [3.63, 3.8) is 0 Å². The van der Waals surface area contributed by atoms with Crippen molar-refractivity contribution in [2.75, 3.05) is 50.5 Å². The van der Waals surface area contributed by atoms with Crippen LogP contribution in [0, 0.1) is 0 Å². The first-order valence-electron chi connectivity index (χ1n) is 7.67. The number of nitrogen functional groups attached to an aromatic ring is 1. The van der Waals surface area contributed by atoms with E-state index < -0.39 is 11.9 Å². The van der Waals surface area contributed by atoms with Crippen LogP contribution < -0.4 is 16.0 Å². The third kappa shape index (κ3) is 4.15. The first kappa shape index (κ1) is 17.6. The topological polar surface area (TPSA) is 105 Å². The van der Waals surface area contributed by atoms with Gasteiger partial charge < -0.3 is 25.6 Å². The highest BCUT2D eigenvalue weighted by atomic mass is 16.5. The van der Waals surface area contributed by atoms with Crippen LogP contribution in [0.2, 0.25) is 0 Å². The van der Waals surface area contributed by atoms with E-state index in [1.54, 1.807) is 24.0 Å². The van der Waals surface area contributed by atoms with Crippen molar-refractivity contribution in [3.8, 4) is 0 Å². The lowest BCUT2D eigenvalue weighted by Crippen LogP contribution is -2.48. The van der Waals surface area contributed by atoms with Gasteiger partial charge in [0.1, 0.15) is 6.54 Å². The average Bonchev–Trinajstić information content (AvgIpc) is 2.59. The molecule has 0 unspecified atom stereocenters. The van der Waals surface area contributed by atoms with E-state index in [4.69, 9.17) is 5.73 Å². The van der Waals surface area contributed by atoms with Gasteiger partial charge in [0.05, 0.1) is 12.7 Å². The van der Waals surface area contributed by atoms with Gasteiger partial charge in [-0.05, 0) is 18.2 Å². The Morgan fingerprint density at radius 2 is 1.88 bits per heavy atom. The number of hydrogen-bond acceptors (Lipinski definition) is 6. The van der Waals surface area contributed by atoms with Crippen LogP contribution in [0.15, 0.2) is 18.2 Å². The van der Waals surface area contributed by atoms with Crippen LogP contribution in [0.25, 0.3) is 0 Å². The van der Waals surface area contributed by atoms with Crippen LogP contribution in [0.1, 0.15) is 17.3 Å². The molecule has 2 rings (SSSR count). The molecular formula is C16H22N4O4. The van der Waals surface area contributed by atoms with Crippen molar-refractivity contribution in [1.29, 1.82) is 0 Å². The molecule has 0 radical (unpaired) electrons. The minimum atomic E-state index is -0.529. The molecule has 0 spiro atoms. The minimum absolute atomic E-state index is 0.0647. The number of piperazine rings is 1. The molecule has 1 aromatic rings. The number of carbonyl (C=O) groups excluding carboxylic acids is 3. The Hall–Kier alpha value is -2.77. The first-order valence-corrected chi connectivity index (χ1v) is 7.67. The van der Waals surface area contributed by atoms with Gasteiger partial charge in [-0.3, -0.25) is 14.4 Å². The van der Waals surface area contributed by atoms with Gasteiger partial charge >= 0.3 is 5.97 Å². The number of hydrogen-bond donors (Lipinski definition) is 2. The maximum Gasteiger partial charge on any atom is 0.325 e. The Balaban J connectivity index is 2.07. The van der Waals surface area contributed by atoms with Gasteiger partial charge in [0.2, 0.25) is 5.91 Å². The van der Waals surface area contributed by atoms with Crippen LogP contribution >= 0.6 is 0 Å². The molecule has 2 amide bonds. The zero-order chi connectivity index (χ0) is 17.7. The molecule has 1 aliphatic heterocycles. The summed E-state index contributed by atoms with van der Waals surface area (Å²) >= 11 is 0. The summed E-state index contributed by atoms with van der Waals surface area (Å²) in [5, 5.41) is 2.48. The maximum absolute atomic E-state index is 12.2. The summed E-state index contributed by atoms with van der Waals surface area (Å²) in [5.74, 6) is -0.893. The Morgan fingerprint density at radius 3 is 2.46 bits per heavy atom. The fourth-order valence-corrected chi connectivity index (χ4v) is 2.54. The summed E-state index contributed by atoms with van der Waals surface area (Å²) in [6.07, 6.45) is 0. The minimum Gasteiger partial charge on any atom is -0.468 e. The number of nitrogens with two attached hydrogens (primary N) is 1. The number of methoxy groups -OCH3 is 1. The molecule has 1 aromatic carbocycles. The summed E-state index contributed by atoms with van der Waals surface area (Å²) in [5.41, 5.74) is 7.38. The highest BCUT2D eigenvalue weighted by Gasteiger charge is 2.20. The third-order valence-corrected chi connectivity index (χ3v) is 3.99. The highest BCUT2D eigenvalue weighted by Crippen LogP contribution is 2.22.